The summed E-state index contributed by atoms with van der Waals surface area (Å²) in [6.45, 7) is 2.09. The van der Waals surface area contributed by atoms with E-state index in [-0.39, 0.29) is 6.04 Å². The van der Waals surface area contributed by atoms with Crippen molar-refractivity contribution in [2.24, 2.45) is 5.73 Å². The highest BCUT2D eigenvalue weighted by Crippen LogP contribution is 2.31. The Balaban J connectivity index is 2.16. The number of aromatic nitrogens is 1. The maximum Gasteiger partial charge on any atom is 0.326 e. The highest BCUT2D eigenvalue weighted by atomic mass is 32.1. The fourth-order valence-corrected chi connectivity index (χ4v) is 3.33. The Hall–Kier alpha value is -1.44. The number of nitrogens with two attached hydrogens (primary N) is 1. The van der Waals surface area contributed by atoms with E-state index in [0.29, 0.717) is 5.69 Å². The minimum absolute atomic E-state index is 0.194. The molecule has 0 aliphatic carbocycles. The number of carbonyl (C=O) groups is 1. The first-order valence-electron chi connectivity index (χ1n) is 5.70. The van der Waals surface area contributed by atoms with E-state index < -0.39 is 12.0 Å². The average molecular weight is 297 g/mol. The molecule has 0 aliphatic rings. The monoisotopic (exact) mass is 297 g/mol. The highest BCUT2D eigenvalue weighted by molar-refractivity contribution is 7.13. The molecule has 0 bridgehead atoms. The summed E-state index contributed by atoms with van der Waals surface area (Å²) in [6.07, 6.45) is 0. The Morgan fingerprint density at radius 1 is 1.53 bits per heavy atom. The number of carboxylic acids is 1. The van der Waals surface area contributed by atoms with Gasteiger partial charge in [-0.2, -0.15) is 0 Å². The van der Waals surface area contributed by atoms with Gasteiger partial charge in [0.1, 0.15) is 6.04 Å². The number of anilines is 1. The predicted molar refractivity (Wildman–Crippen MR) is 77.8 cm³/mol. The molecule has 0 radical (unpaired) electrons. The van der Waals surface area contributed by atoms with Crippen molar-refractivity contribution in [3.05, 3.63) is 33.5 Å². The first kappa shape index (κ1) is 14.0. The average Bonchev–Trinajstić information content (AvgIpc) is 3.06. The molecular formula is C12H15N3O2S2. The second-order valence-corrected chi connectivity index (χ2v) is 5.99. The molecule has 2 heterocycles. The first-order chi connectivity index (χ1) is 9.00. The van der Waals surface area contributed by atoms with Crippen LogP contribution in [-0.2, 0) is 4.79 Å². The lowest BCUT2D eigenvalue weighted by Gasteiger charge is -2.23. The van der Waals surface area contributed by atoms with E-state index in [9.17, 15) is 4.79 Å². The van der Waals surface area contributed by atoms with E-state index in [1.807, 2.05) is 23.4 Å². The number of rotatable bonds is 5. The summed E-state index contributed by atoms with van der Waals surface area (Å²) in [5, 5.41) is 13.4. The van der Waals surface area contributed by atoms with Crippen LogP contribution in [0.1, 0.15) is 29.6 Å². The third-order valence-corrected chi connectivity index (χ3v) is 4.92. The van der Waals surface area contributed by atoms with E-state index >= 15 is 0 Å². The Morgan fingerprint density at radius 3 is 2.84 bits per heavy atom. The van der Waals surface area contributed by atoms with Gasteiger partial charge in [0.05, 0.1) is 11.7 Å². The molecule has 0 aliphatic heterocycles. The van der Waals surface area contributed by atoms with Crippen LogP contribution in [-0.4, -0.2) is 23.1 Å². The fourth-order valence-electron chi connectivity index (χ4n) is 1.59. The Kier molecular flexibility index (Phi) is 4.18. The molecule has 2 aromatic rings. The number of hydrogen-bond donors (Lipinski definition) is 2. The number of nitrogens with zero attached hydrogens (tertiary/aromatic N) is 2. The summed E-state index contributed by atoms with van der Waals surface area (Å²) in [5.74, 6) is -1.06. The van der Waals surface area contributed by atoms with Crippen molar-refractivity contribution in [1.82, 2.24) is 4.98 Å². The molecule has 0 aromatic carbocycles. The molecule has 0 amide bonds. The molecule has 5 nitrogen and oxygen atoms in total. The minimum Gasteiger partial charge on any atom is -0.480 e. The van der Waals surface area contributed by atoms with Crippen LogP contribution in [0.3, 0.4) is 0 Å². The van der Waals surface area contributed by atoms with Crippen LogP contribution >= 0.6 is 22.7 Å². The van der Waals surface area contributed by atoms with E-state index in [0.717, 1.165) is 5.13 Å². The van der Waals surface area contributed by atoms with Gasteiger partial charge in [-0.1, -0.05) is 6.07 Å². The maximum atomic E-state index is 10.8. The normalized spacial score (nSPS) is 14.1. The maximum absolute atomic E-state index is 10.8. The molecule has 2 rings (SSSR count). The van der Waals surface area contributed by atoms with E-state index in [1.54, 1.807) is 16.7 Å². The molecule has 2 unspecified atom stereocenters. The number of thiazole rings is 1. The van der Waals surface area contributed by atoms with Gasteiger partial charge in [-0.05, 0) is 18.4 Å². The molecule has 0 fully saturated rings. The smallest absolute Gasteiger partial charge is 0.326 e. The lowest BCUT2D eigenvalue weighted by molar-refractivity contribution is -0.138. The zero-order chi connectivity index (χ0) is 14.0. The first-order valence-corrected chi connectivity index (χ1v) is 7.46. The van der Waals surface area contributed by atoms with Gasteiger partial charge < -0.3 is 15.7 Å². The quantitative estimate of drug-likeness (QED) is 0.886. The lowest BCUT2D eigenvalue weighted by atomic mass is 10.2. The minimum atomic E-state index is -1.06. The van der Waals surface area contributed by atoms with E-state index in [4.69, 9.17) is 10.8 Å². The van der Waals surface area contributed by atoms with Gasteiger partial charge >= 0.3 is 5.97 Å². The van der Waals surface area contributed by atoms with E-state index in [2.05, 4.69) is 18.0 Å². The molecule has 102 valence electrons. The third-order valence-electron chi connectivity index (χ3n) is 2.93. The van der Waals surface area contributed by atoms with Gasteiger partial charge in [-0.25, -0.2) is 4.98 Å². The van der Waals surface area contributed by atoms with Crippen molar-refractivity contribution in [3.63, 3.8) is 0 Å². The largest absolute Gasteiger partial charge is 0.480 e. The van der Waals surface area contributed by atoms with Gasteiger partial charge in [-0.15, -0.1) is 22.7 Å². The molecule has 2 atom stereocenters. The van der Waals surface area contributed by atoms with Crippen molar-refractivity contribution >= 4 is 33.8 Å². The van der Waals surface area contributed by atoms with Crippen molar-refractivity contribution in [2.45, 2.75) is 19.0 Å². The van der Waals surface area contributed by atoms with Crippen LogP contribution in [0.2, 0.25) is 0 Å². The molecule has 0 saturated carbocycles. The SMILES string of the molecule is CC(c1cccs1)N(C)c1nc(C(N)C(=O)O)cs1. The number of aliphatic carboxylic acids is 1. The van der Waals surface area contributed by atoms with Crippen molar-refractivity contribution in [2.75, 3.05) is 11.9 Å². The Labute approximate surface area is 119 Å². The molecule has 19 heavy (non-hydrogen) atoms. The molecule has 0 saturated heterocycles. The molecule has 3 N–H and O–H groups in total. The number of hydrogen-bond acceptors (Lipinski definition) is 6. The summed E-state index contributed by atoms with van der Waals surface area (Å²) >= 11 is 3.09. The molecular weight excluding hydrogens is 282 g/mol. The van der Waals surface area contributed by atoms with Crippen molar-refractivity contribution in [1.29, 1.82) is 0 Å². The van der Waals surface area contributed by atoms with Gasteiger partial charge in [0.15, 0.2) is 5.13 Å². The molecule has 2 aromatic heterocycles. The molecule has 7 heteroatoms. The molecule has 0 spiro atoms. The summed E-state index contributed by atoms with van der Waals surface area (Å²) in [5.41, 5.74) is 5.95. The van der Waals surface area contributed by atoms with Crippen LogP contribution in [0.5, 0.6) is 0 Å². The van der Waals surface area contributed by atoms with Crippen LogP contribution in [0, 0.1) is 0 Å². The fraction of sp³-hybridized carbons (Fsp3) is 0.333. The third kappa shape index (κ3) is 2.94. The van der Waals surface area contributed by atoms with Crippen molar-refractivity contribution < 1.29 is 9.90 Å². The Morgan fingerprint density at radius 2 is 2.26 bits per heavy atom. The van der Waals surface area contributed by atoms with Crippen LogP contribution in [0.25, 0.3) is 0 Å². The van der Waals surface area contributed by atoms with Crippen LogP contribution in [0.15, 0.2) is 22.9 Å². The van der Waals surface area contributed by atoms with Crippen molar-refractivity contribution in [3.8, 4) is 0 Å². The standard InChI is InChI=1S/C12H15N3O2S2/c1-7(9-4-3-5-18-9)15(2)12-14-8(6-19-12)10(13)11(16)17/h3-7,10H,13H2,1-2H3,(H,16,17). The highest BCUT2D eigenvalue weighted by Gasteiger charge is 2.21. The van der Waals surface area contributed by atoms with Gasteiger partial charge in [-0.3, -0.25) is 4.79 Å². The van der Waals surface area contributed by atoms with Gasteiger partial charge in [0, 0.05) is 17.3 Å². The zero-order valence-corrected chi connectivity index (χ0v) is 12.2. The second kappa shape index (κ2) is 5.68. The van der Waals surface area contributed by atoms with E-state index in [1.165, 1.54) is 16.2 Å². The number of carboxylic acid groups (broad SMARTS) is 1. The van der Waals surface area contributed by atoms with Crippen LogP contribution in [0.4, 0.5) is 5.13 Å². The predicted octanol–water partition coefficient (Wildman–Crippen LogP) is 2.49. The summed E-state index contributed by atoms with van der Waals surface area (Å²) in [7, 11) is 1.94. The zero-order valence-electron chi connectivity index (χ0n) is 10.6. The van der Waals surface area contributed by atoms with Crippen LogP contribution < -0.4 is 10.6 Å². The lowest BCUT2D eigenvalue weighted by Crippen LogP contribution is -2.23. The topological polar surface area (TPSA) is 79.5 Å². The van der Waals surface area contributed by atoms with Gasteiger partial charge in [0.25, 0.3) is 0 Å². The second-order valence-electron chi connectivity index (χ2n) is 4.17. The van der Waals surface area contributed by atoms with Gasteiger partial charge in [0.2, 0.25) is 0 Å². The number of thiophene rings is 1. The summed E-state index contributed by atoms with van der Waals surface area (Å²) in [6, 6.07) is 3.22. The Bertz CT molecular complexity index is 553. The summed E-state index contributed by atoms with van der Waals surface area (Å²) < 4.78 is 0. The summed E-state index contributed by atoms with van der Waals surface area (Å²) in [4.78, 5) is 18.4.